The van der Waals surface area contributed by atoms with E-state index in [-0.39, 0.29) is 49.1 Å². The Morgan fingerprint density at radius 1 is 0.641 bits per heavy atom. The Balaban J connectivity index is 0.000000236. The lowest BCUT2D eigenvalue weighted by Crippen LogP contribution is -2.33. The number of carboxylic acid groups (broad SMARTS) is 1. The van der Waals surface area contributed by atoms with Gasteiger partial charge in [-0.05, 0) is 148 Å². The van der Waals surface area contributed by atoms with Crippen LogP contribution in [0.2, 0.25) is 0 Å². The summed E-state index contributed by atoms with van der Waals surface area (Å²) in [5.74, 6) is 1.03. The number of nitrogens with zero attached hydrogens (tertiary/aromatic N) is 8. The Labute approximate surface area is 462 Å². The lowest BCUT2D eigenvalue weighted by Gasteiger charge is -2.33. The minimum absolute atomic E-state index is 0. The van der Waals surface area contributed by atoms with Gasteiger partial charge in [0.1, 0.15) is 11.5 Å². The molecule has 424 valence electrons. The summed E-state index contributed by atoms with van der Waals surface area (Å²) in [6.45, 7) is 11.0. The third-order valence-electron chi connectivity index (χ3n) is 14.0. The van der Waals surface area contributed by atoms with E-state index in [9.17, 15) is 26.4 Å². The van der Waals surface area contributed by atoms with Gasteiger partial charge in [0.25, 0.3) is 0 Å². The second-order valence-electron chi connectivity index (χ2n) is 19.9. The van der Waals surface area contributed by atoms with E-state index in [1.165, 1.54) is 49.7 Å². The number of amides is 1. The highest BCUT2D eigenvalue weighted by atomic mass is 32.2. The van der Waals surface area contributed by atoms with E-state index in [4.69, 9.17) is 20.3 Å². The van der Waals surface area contributed by atoms with Crippen LogP contribution in [-0.4, -0.2) is 129 Å². The summed E-state index contributed by atoms with van der Waals surface area (Å²) in [5, 5.41) is 11.5. The second-order valence-corrected chi connectivity index (χ2v) is 23.8. The van der Waals surface area contributed by atoms with Gasteiger partial charge in [-0.15, -0.1) is 0 Å². The topological polar surface area (TPSA) is 228 Å². The van der Waals surface area contributed by atoms with Crippen molar-refractivity contribution < 1.29 is 41.0 Å². The molecule has 6 aromatic rings. The molecule has 4 heterocycles. The number of anilines is 4. The van der Waals surface area contributed by atoms with Gasteiger partial charge in [0.2, 0.25) is 26.0 Å². The molecule has 21 heteroatoms. The standard InChI is InChI=1S/C28H37N5O4S.C15H20N4.C13H19NO5S.CH4/c1-20-16-25(37-5)17-21(2)28(20)38(35,36)32(4)13-12-27(34)30-23-6-8-24(9-7-23)33-14-10-22(11-15-33)26-18-31(3)19-29-26;1-18-10-15(17-11-18)12-6-8-19(9-7-12)14-4-2-13(16)3-5-14;1-9-7-11(19-4)8-10(2)13(9)20(17,18)14(3)6-5-12(15)16;/h6-9,16-19,22H,10-15H2,1-5H3,(H,30,34);2-5,10-12H,6-9,16H2,1H3;7-8H,5-6H2,1-4H3,(H,15,16);1H4. The Kier molecular flexibility index (Phi) is 21.9. The van der Waals surface area contributed by atoms with Gasteiger partial charge in [-0.25, -0.2) is 35.4 Å². The predicted molar refractivity (Wildman–Crippen MR) is 309 cm³/mol. The normalized spacial score (nSPS) is 14.2. The van der Waals surface area contributed by atoms with Crippen LogP contribution in [-0.2, 0) is 43.7 Å². The molecule has 0 spiro atoms. The average Bonchev–Trinajstić information content (AvgIpc) is 4.07. The fourth-order valence-corrected chi connectivity index (χ4v) is 12.9. The van der Waals surface area contributed by atoms with Crippen molar-refractivity contribution in [2.24, 2.45) is 14.1 Å². The number of carboxylic acids is 1. The van der Waals surface area contributed by atoms with E-state index in [2.05, 4.69) is 49.6 Å². The first-order valence-electron chi connectivity index (χ1n) is 25.7. The molecule has 0 saturated carbocycles. The van der Waals surface area contributed by atoms with Crippen LogP contribution in [0.5, 0.6) is 11.5 Å². The molecule has 0 atom stereocenters. The van der Waals surface area contributed by atoms with Gasteiger partial charge in [0, 0.05) is 121 Å². The van der Waals surface area contributed by atoms with Gasteiger partial charge in [0.15, 0.2) is 0 Å². The monoisotopic (exact) mass is 1110 g/mol. The number of piperidine rings is 2. The van der Waals surface area contributed by atoms with Crippen LogP contribution in [0.3, 0.4) is 0 Å². The highest BCUT2D eigenvalue weighted by Gasteiger charge is 2.28. The van der Waals surface area contributed by atoms with Gasteiger partial charge < -0.3 is 44.6 Å². The van der Waals surface area contributed by atoms with Gasteiger partial charge in [0.05, 0.1) is 54.5 Å². The number of aliphatic carboxylic acids is 1. The van der Waals surface area contributed by atoms with Crippen LogP contribution in [0.25, 0.3) is 0 Å². The number of hydrogen-bond donors (Lipinski definition) is 3. The summed E-state index contributed by atoms with van der Waals surface area (Å²) in [5.41, 5.74) is 14.4. The van der Waals surface area contributed by atoms with Crippen LogP contribution < -0.4 is 30.3 Å². The first-order valence-corrected chi connectivity index (χ1v) is 28.5. The average molecular weight is 1110 g/mol. The van der Waals surface area contributed by atoms with E-state index in [1.807, 2.05) is 72.3 Å². The Morgan fingerprint density at radius 2 is 1.00 bits per heavy atom. The number of imidazole rings is 2. The van der Waals surface area contributed by atoms with E-state index in [0.29, 0.717) is 51.3 Å². The smallest absolute Gasteiger partial charge is 0.304 e. The third kappa shape index (κ3) is 16.1. The van der Waals surface area contributed by atoms with Crippen LogP contribution in [0.4, 0.5) is 22.7 Å². The van der Waals surface area contributed by atoms with Crippen molar-refractivity contribution in [1.82, 2.24) is 27.7 Å². The van der Waals surface area contributed by atoms with E-state index < -0.39 is 26.0 Å². The maximum absolute atomic E-state index is 13.2. The van der Waals surface area contributed by atoms with Crippen LogP contribution in [0, 0.1) is 27.7 Å². The largest absolute Gasteiger partial charge is 0.497 e. The van der Waals surface area contributed by atoms with E-state index in [0.717, 1.165) is 60.4 Å². The molecule has 78 heavy (non-hydrogen) atoms. The minimum atomic E-state index is -3.75. The minimum Gasteiger partial charge on any atom is -0.497 e. The second kappa shape index (κ2) is 27.6. The summed E-state index contributed by atoms with van der Waals surface area (Å²) in [4.78, 5) is 37.4. The molecule has 19 nitrogen and oxygen atoms in total. The Hall–Kier alpha value is -6.94. The van der Waals surface area contributed by atoms with Gasteiger partial charge in [-0.2, -0.15) is 0 Å². The van der Waals surface area contributed by atoms with Crippen molar-refractivity contribution in [1.29, 1.82) is 0 Å². The van der Waals surface area contributed by atoms with E-state index in [1.54, 1.807) is 59.1 Å². The van der Waals surface area contributed by atoms with Crippen molar-refractivity contribution >= 4 is 54.7 Å². The van der Waals surface area contributed by atoms with Crippen molar-refractivity contribution in [3.05, 3.63) is 131 Å². The summed E-state index contributed by atoms with van der Waals surface area (Å²) in [6.07, 6.45) is 12.3. The number of carbonyl (C=O) groups is 2. The van der Waals surface area contributed by atoms with Crippen LogP contribution in [0.15, 0.2) is 108 Å². The van der Waals surface area contributed by atoms with Gasteiger partial charge in [-0.3, -0.25) is 9.59 Å². The maximum atomic E-state index is 13.2. The first kappa shape index (κ1) is 61.9. The highest BCUT2D eigenvalue weighted by Crippen LogP contribution is 2.33. The molecule has 2 aliphatic heterocycles. The predicted octanol–water partition coefficient (Wildman–Crippen LogP) is 8.51. The maximum Gasteiger partial charge on any atom is 0.304 e. The lowest BCUT2D eigenvalue weighted by molar-refractivity contribution is -0.137. The molecule has 4 N–H and O–H groups in total. The fourth-order valence-electron chi connectivity index (χ4n) is 9.75. The molecule has 2 aromatic heterocycles. The Bertz CT molecular complexity index is 3120. The van der Waals surface area contributed by atoms with Crippen molar-refractivity contribution in [2.45, 2.75) is 95.3 Å². The number of ether oxygens (including phenoxy) is 2. The van der Waals surface area contributed by atoms with Crippen molar-refractivity contribution in [2.75, 3.05) is 88.4 Å². The number of sulfonamides is 2. The number of aryl methyl sites for hydroxylation is 6. The summed E-state index contributed by atoms with van der Waals surface area (Å²) in [6, 6.07) is 22.7. The molecular formula is C57H80N10O9S2. The highest BCUT2D eigenvalue weighted by molar-refractivity contribution is 7.89. The van der Waals surface area contributed by atoms with Crippen LogP contribution in [0.1, 0.15) is 91.4 Å². The summed E-state index contributed by atoms with van der Waals surface area (Å²) < 4.78 is 68.0. The molecule has 0 unspecified atom stereocenters. The number of hydrogen-bond acceptors (Lipinski definition) is 13. The van der Waals surface area contributed by atoms with Gasteiger partial charge in [-0.1, -0.05) is 7.43 Å². The molecule has 2 fully saturated rings. The number of aromatic nitrogens is 4. The zero-order valence-electron chi connectivity index (χ0n) is 46.1. The summed E-state index contributed by atoms with van der Waals surface area (Å²) in [7, 11) is 2.51. The molecular weight excluding hydrogens is 1030 g/mol. The molecule has 8 rings (SSSR count). The molecule has 1 amide bonds. The molecule has 0 radical (unpaired) electrons. The molecule has 4 aromatic carbocycles. The van der Waals surface area contributed by atoms with E-state index >= 15 is 0 Å². The SMILES string of the molecule is C.COc1cc(C)c(S(=O)(=O)N(C)CCC(=O)Nc2ccc(N3CCC(c4cn(C)cn4)CC3)cc2)c(C)c1.COc1cc(C)c(S(=O)(=O)N(C)CCC(=O)O)c(C)c1.Cn1cnc(C2CCN(c3ccc(N)cc3)CC2)c1. The van der Waals surface area contributed by atoms with Crippen LogP contribution >= 0.6 is 0 Å². The number of methoxy groups -OCH3 is 2. The number of nitrogens with one attached hydrogen (secondary N) is 1. The van der Waals surface area contributed by atoms with Gasteiger partial charge >= 0.3 is 5.97 Å². The quantitative estimate of drug-likeness (QED) is 0.0728. The first-order chi connectivity index (χ1) is 36.5. The molecule has 0 bridgehead atoms. The van der Waals surface area contributed by atoms with Crippen molar-refractivity contribution in [3.63, 3.8) is 0 Å². The third-order valence-corrected chi connectivity index (χ3v) is 18.3. The summed E-state index contributed by atoms with van der Waals surface area (Å²) >= 11 is 0. The molecule has 2 aliphatic rings. The number of nitrogens with two attached hydrogens (primary N) is 1. The number of nitrogen functional groups attached to an aromatic ring is 1. The fraction of sp³-hybridized carbons (Fsp3) is 0.439. The number of carbonyl (C=O) groups excluding carboxylic acids is 1. The molecule has 2 saturated heterocycles. The number of benzene rings is 4. The number of rotatable bonds is 17. The van der Waals surface area contributed by atoms with Crippen molar-refractivity contribution in [3.8, 4) is 11.5 Å². The lowest BCUT2D eigenvalue weighted by atomic mass is 9.94. The zero-order valence-corrected chi connectivity index (χ0v) is 47.7. The molecule has 0 aliphatic carbocycles. The Morgan fingerprint density at radius 3 is 1.33 bits per heavy atom. The zero-order chi connectivity index (χ0) is 56.2.